The Morgan fingerprint density at radius 1 is 1.12 bits per heavy atom. The van der Waals surface area contributed by atoms with Crippen molar-refractivity contribution in [1.29, 1.82) is 0 Å². The van der Waals surface area contributed by atoms with E-state index >= 15 is 0 Å². The second-order valence-electron chi connectivity index (χ2n) is 8.05. The van der Waals surface area contributed by atoms with Gasteiger partial charge < -0.3 is 15.5 Å². The highest BCUT2D eigenvalue weighted by atomic mass is 19.4. The quantitative estimate of drug-likeness (QED) is 0.561. The minimum Gasteiger partial charge on any atom is -0.368 e. The normalized spacial score (nSPS) is 16.0. The Bertz CT molecular complexity index is 1150. The van der Waals surface area contributed by atoms with E-state index in [1.54, 1.807) is 25.5 Å². The van der Waals surface area contributed by atoms with Crippen LogP contribution in [0.1, 0.15) is 39.4 Å². The molecule has 1 aromatic heterocycles. The van der Waals surface area contributed by atoms with Crippen molar-refractivity contribution >= 4 is 23.2 Å². The van der Waals surface area contributed by atoms with E-state index < -0.39 is 17.6 Å². The zero-order valence-electron chi connectivity index (χ0n) is 18.3. The van der Waals surface area contributed by atoms with Gasteiger partial charge in [-0.1, -0.05) is 12.1 Å². The van der Waals surface area contributed by atoms with E-state index in [9.17, 15) is 18.0 Å². The van der Waals surface area contributed by atoms with Crippen LogP contribution < -0.4 is 15.5 Å². The van der Waals surface area contributed by atoms with Gasteiger partial charge in [-0.3, -0.25) is 4.79 Å². The Morgan fingerprint density at radius 2 is 1.88 bits per heavy atom. The van der Waals surface area contributed by atoms with Crippen LogP contribution in [0.5, 0.6) is 0 Å². The van der Waals surface area contributed by atoms with Gasteiger partial charge in [0.15, 0.2) is 0 Å². The molecule has 0 saturated carbocycles. The molecule has 1 amide bonds. The Balaban J connectivity index is 1.49. The molecule has 2 heterocycles. The fourth-order valence-corrected chi connectivity index (χ4v) is 4.06. The van der Waals surface area contributed by atoms with E-state index in [4.69, 9.17) is 0 Å². The van der Waals surface area contributed by atoms with E-state index in [0.29, 0.717) is 11.5 Å². The summed E-state index contributed by atoms with van der Waals surface area (Å²) >= 11 is 0. The first-order valence-electron chi connectivity index (χ1n) is 10.6. The number of nitrogens with one attached hydrogen (secondary N) is 2. The standard InChI is InChI=1S/C24H24F3N5O/c1-15-6-7-16(22(33)31-19-5-3-4-18(11-19)24(25,26)27)10-21(15)17-8-9-32(14-17)20-12-29-23(28-2)30-13-20/h3-7,10-13,17H,8-9,14H2,1-2H3,(H,31,33)(H,28,29,30)/t17-/m1/s1. The lowest BCUT2D eigenvalue weighted by molar-refractivity contribution is -0.137. The Hall–Kier alpha value is -3.62. The molecule has 1 fully saturated rings. The van der Waals surface area contributed by atoms with Gasteiger partial charge in [0.25, 0.3) is 5.91 Å². The highest BCUT2D eigenvalue weighted by Gasteiger charge is 2.30. The predicted octanol–water partition coefficient (Wildman–Crippen LogP) is 5.09. The van der Waals surface area contributed by atoms with Crippen LogP contribution in [-0.4, -0.2) is 36.0 Å². The van der Waals surface area contributed by atoms with Crippen molar-refractivity contribution in [2.45, 2.75) is 25.4 Å². The molecule has 0 bridgehead atoms. The number of rotatable bonds is 5. The van der Waals surface area contributed by atoms with Gasteiger partial charge in [0.05, 0.1) is 23.6 Å². The summed E-state index contributed by atoms with van der Waals surface area (Å²) in [6.07, 6.45) is 0.0118. The lowest BCUT2D eigenvalue weighted by atomic mass is 9.92. The number of aryl methyl sites for hydroxylation is 1. The van der Waals surface area contributed by atoms with Crippen molar-refractivity contribution in [1.82, 2.24) is 9.97 Å². The van der Waals surface area contributed by atoms with E-state index in [-0.39, 0.29) is 11.6 Å². The maximum absolute atomic E-state index is 13.0. The summed E-state index contributed by atoms with van der Waals surface area (Å²) in [6.45, 7) is 3.60. The van der Waals surface area contributed by atoms with Crippen LogP contribution in [0.2, 0.25) is 0 Å². The second kappa shape index (κ2) is 9.09. The molecule has 9 heteroatoms. The summed E-state index contributed by atoms with van der Waals surface area (Å²) in [5.74, 6) is 0.335. The van der Waals surface area contributed by atoms with Crippen molar-refractivity contribution in [2.75, 3.05) is 35.7 Å². The number of alkyl halides is 3. The van der Waals surface area contributed by atoms with Crippen molar-refractivity contribution in [2.24, 2.45) is 0 Å². The molecule has 172 valence electrons. The van der Waals surface area contributed by atoms with Crippen molar-refractivity contribution in [3.05, 3.63) is 77.1 Å². The molecule has 1 aliphatic heterocycles. The molecular weight excluding hydrogens is 431 g/mol. The number of halogens is 3. The summed E-state index contributed by atoms with van der Waals surface area (Å²) in [5, 5.41) is 5.48. The Labute approximate surface area is 189 Å². The molecule has 33 heavy (non-hydrogen) atoms. The average Bonchev–Trinajstić information content (AvgIpc) is 3.29. The number of nitrogens with zero attached hydrogens (tertiary/aromatic N) is 3. The van der Waals surface area contributed by atoms with Crippen LogP contribution in [0, 0.1) is 6.92 Å². The van der Waals surface area contributed by atoms with Crippen LogP contribution >= 0.6 is 0 Å². The first-order chi connectivity index (χ1) is 15.7. The van der Waals surface area contributed by atoms with E-state index in [1.165, 1.54) is 12.1 Å². The first kappa shape index (κ1) is 22.6. The summed E-state index contributed by atoms with van der Waals surface area (Å²) in [7, 11) is 1.76. The maximum Gasteiger partial charge on any atom is 0.416 e. The topological polar surface area (TPSA) is 70.2 Å². The number of carbonyl (C=O) groups excluding carboxylic acids is 1. The number of benzene rings is 2. The highest BCUT2D eigenvalue weighted by Crippen LogP contribution is 2.33. The summed E-state index contributed by atoms with van der Waals surface area (Å²) in [5.41, 5.74) is 2.78. The number of hydrogen-bond acceptors (Lipinski definition) is 5. The zero-order chi connectivity index (χ0) is 23.6. The molecule has 2 N–H and O–H groups in total. The Morgan fingerprint density at radius 3 is 2.58 bits per heavy atom. The van der Waals surface area contributed by atoms with Crippen molar-refractivity contribution in [3.63, 3.8) is 0 Å². The third-order valence-electron chi connectivity index (χ3n) is 5.84. The molecule has 6 nitrogen and oxygen atoms in total. The molecular formula is C24H24F3N5O. The van der Waals surface area contributed by atoms with Gasteiger partial charge in [-0.05, 0) is 54.8 Å². The van der Waals surface area contributed by atoms with Gasteiger partial charge in [-0.15, -0.1) is 0 Å². The van der Waals surface area contributed by atoms with Gasteiger partial charge in [0.1, 0.15) is 0 Å². The van der Waals surface area contributed by atoms with E-state index in [1.807, 2.05) is 19.1 Å². The first-order valence-corrected chi connectivity index (χ1v) is 10.6. The van der Waals surface area contributed by atoms with Gasteiger partial charge in [0.2, 0.25) is 5.95 Å². The van der Waals surface area contributed by atoms with Crippen LogP contribution in [0.3, 0.4) is 0 Å². The smallest absolute Gasteiger partial charge is 0.368 e. The van der Waals surface area contributed by atoms with Crippen molar-refractivity contribution in [3.8, 4) is 0 Å². The fraction of sp³-hybridized carbons (Fsp3) is 0.292. The molecule has 0 unspecified atom stereocenters. The van der Waals surface area contributed by atoms with E-state index in [0.717, 1.165) is 48.5 Å². The number of aromatic nitrogens is 2. The second-order valence-corrected chi connectivity index (χ2v) is 8.05. The zero-order valence-corrected chi connectivity index (χ0v) is 18.3. The molecule has 1 aliphatic rings. The van der Waals surface area contributed by atoms with Crippen molar-refractivity contribution < 1.29 is 18.0 Å². The lowest BCUT2D eigenvalue weighted by Crippen LogP contribution is -2.20. The molecule has 1 atom stereocenters. The van der Waals surface area contributed by atoms with Crippen LogP contribution in [0.25, 0.3) is 0 Å². The minimum absolute atomic E-state index is 0.106. The molecule has 2 aromatic carbocycles. The third-order valence-corrected chi connectivity index (χ3v) is 5.84. The summed E-state index contributed by atoms with van der Waals surface area (Å²) in [6, 6.07) is 10.0. The number of hydrogen-bond donors (Lipinski definition) is 2. The lowest BCUT2D eigenvalue weighted by Gasteiger charge is -2.19. The van der Waals surface area contributed by atoms with Gasteiger partial charge in [-0.2, -0.15) is 13.2 Å². The van der Waals surface area contributed by atoms with Gasteiger partial charge in [0, 0.05) is 37.3 Å². The fourth-order valence-electron chi connectivity index (χ4n) is 4.06. The van der Waals surface area contributed by atoms with E-state index in [2.05, 4.69) is 25.5 Å². The average molecular weight is 455 g/mol. The molecule has 1 saturated heterocycles. The number of anilines is 3. The maximum atomic E-state index is 13.0. The molecule has 0 spiro atoms. The molecule has 4 rings (SSSR count). The van der Waals surface area contributed by atoms with Gasteiger partial charge >= 0.3 is 6.18 Å². The minimum atomic E-state index is -4.47. The van der Waals surface area contributed by atoms with Crippen LogP contribution in [0.4, 0.5) is 30.5 Å². The number of amides is 1. The molecule has 0 aliphatic carbocycles. The largest absolute Gasteiger partial charge is 0.416 e. The third kappa shape index (κ3) is 5.08. The molecule has 0 radical (unpaired) electrons. The Kier molecular flexibility index (Phi) is 6.22. The SMILES string of the molecule is CNc1ncc(N2CC[C@@H](c3cc(C(=O)Nc4cccc(C(F)(F)F)c4)ccc3C)C2)cn1. The summed E-state index contributed by atoms with van der Waals surface area (Å²) in [4.78, 5) is 23.5. The monoisotopic (exact) mass is 455 g/mol. The molecule has 3 aromatic rings. The van der Waals surface area contributed by atoms with Crippen LogP contribution in [-0.2, 0) is 6.18 Å². The predicted molar refractivity (Wildman–Crippen MR) is 122 cm³/mol. The van der Waals surface area contributed by atoms with Crippen LogP contribution in [0.15, 0.2) is 54.9 Å². The highest BCUT2D eigenvalue weighted by molar-refractivity contribution is 6.04. The summed E-state index contributed by atoms with van der Waals surface area (Å²) < 4.78 is 38.9. The van der Waals surface area contributed by atoms with Gasteiger partial charge in [-0.25, -0.2) is 9.97 Å². The number of carbonyl (C=O) groups is 1.